The van der Waals surface area contributed by atoms with Gasteiger partial charge in [0.05, 0.1) is 17.7 Å². The Bertz CT molecular complexity index is 808. The van der Waals surface area contributed by atoms with Crippen molar-refractivity contribution in [3.63, 3.8) is 0 Å². The van der Waals surface area contributed by atoms with Crippen molar-refractivity contribution in [2.75, 3.05) is 19.7 Å². The average Bonchev–Trinajstić information content (AvgIpc) is 3.59. The SMILES string of the molecule is Cc1ncccc1C(=O)N1CCC(N2C(=O)C(OCC3CC3)C23CCCCC3)CC1. The molecule has 1 atom stereocenters. The first kappa shape index (κ1) is 20.0. The smallest absolute Gasteiger partial charge is 0.255 e. The second-order valence-electron chi connectivity index (χ2n) is 9.69. The van der Waals surface area contributed by atoms with Gasteiger partial charge < -0.3 is 14.5 Å². The second-order valence-corrected chi connectivity index (χ2v) is 9.69. The maximum Gasteiger partial charge on any atom is 0.255 e. The molecule has 6 nitrogen and oxygen atoms in total. The lowest BCUT2D eigenvalue weighted by atomic mass is 9.68. The molecule has 4 aliphatic rings. The molecule has 30 heavy (non-hydrogen) atoms. The van der Waals surface area contributed by atoms with Gasteiger partial charge in [-0.25, -0.2) is 0 Å². The largest absolute Gasteiger partial charge is 0.366 e. The number of carbonyl (C=O) groups is 2. The highest BCUT2D eigenvalue weighted by Gasteiger charge is 2.62. The number of hydrogen-bond acceptors (Lipinski definition) is 4. The first-order valence-corrected chi connectivity index (χ1v) is 11.8. The Kier molecular flexibility index (Phi) is 5.30. The van der Waals surface area contributed by atoms with E-state index >= 15 is 0 Å². The highest BCUT2D eigenvalue weighted by molar-refractivity contribution is 5.95. The van der Waals surface area contributed by atoms with Gasteiger partial charge in [-0.15, -0.1) is 0 Å². The highest BCUT2D eigenvalue weighted by atomic mass is 16.5. The maximum absolute atomic E-state index is 13.2. The Hall–Kier alpha value is -1.95. The summed E-state index contributed by atoms with van der Waals surface area (Å²) < 4.78 is 6.20. The van der Waals surface area contributed by atoms with E-state index in [2.05, 4.69) is 9.88 Å². The molecule has 1 aromatic rings. The van der Waals surface area contributed by atoms with Crippen molar-refractivity contribution >= 4 is 11.8 Å². The van der Waals surface area contributed by atoms with Gasteiger partial charge in [-0.1, -0.05) is 19.3 Å². The average molecular weight is 412 g/mol. The number of ether oxygens (including phenoxy) is 1. The summed E-state index contributed by atoms with van der Waals surface area (Å²) in [6.07, 6.45) is 11.5. The Morgan fingerprint density at radius 2 is 1.90 bits per heavy atom. The molecule has 0 N–H and O–H groups in total. The van der Waals surface area contributed by atoms with Crippen molar-refractivity contribution in [3.05, 3.63) is 29.6 Å². The van der Waals surface area contributed by atoms with E-state index < -0.39 is 0 Å². The summed E-state index contributed by atoms with van der Waals surface area (Å²) in [5.74, 6) is 0.940. The summed E-state index contributed by atoms with van der Waals surface area (Å²) >= 11 is 0. The molecule has 2 aliphatic carbocycles. The Labute approximate surface area is 179 Å². The van der Waals surface area contributed by atoms with E-state index in [4.69, 9.17) is 4.74 Å². The van der Waals surface area contributed by atoms with Crippen molar-refractivity contribution in [1.29, 1.82) is 0 Å². The van der Waals surface area contributed by atoms with Crippen molar-refractivity contribution in [2.45, 2.75) is 82.4 Å². The zero-order valence-electron chi connectivity index (χ0n) is 18.0. The molecule has 1 spiro atoms. The number of rotatable bonds is 5. The molecule has 4 fully saturated rings. The minimum absolute atomic E-state index is 0.0620. The van der Waals surface area contributed by atoms with Gasteiger partial charge in [-0.05, 0) is 63.5 Å². The first-order chi connectivity index (χ1) is 14.6. The molecule has 2 amide bonds. The van der Waals surface area contributed by atoms with Crippen LogP contribution in [0.25, 0.3) is 0 Å². The van der Waals surface area contributed by atoms with E-state index in [-0.39, 0.29) is 29.5 Å². The quantitative estimate of drug-likeness (QED) is 0.697. The second kappa shape index (κ2) is 7.95. The van der Waals surface area contributed by atoms with Crippen LogP contribution in [0.1, 0.15) is 73.8 Å². The number of pyridine rings is 1. The monoisotopic (exact) mass is 411 g/mol. The van der Waals surface area contributed by atoms with Crippen LogP contribution in [0.2, 0.25) is 0 Å². The van der Waals surface area contributed by atoms with Gasteiger partial charge in [0.2, 0.25) is 0 Å². The van der Waals surface area contributed by atoms with Gasteiger partial charge in [-0.2, -0.15) is 0 Å². The fraction of sp³-hybridized carbons (Fsp3) is 0.708. The van der Waals surface area contributed by atoms with Crippen LogP contribution >= 0.6 is 0 Å². The third-order valence-electron chi connectivity index (χ3n) is 7.70. The van der Waals surface area contributed by atoms with Gasteiger partial charge in [0.1, 0.15) is 0 Å². The lowest BCUT2D eigenvalue weighted by molar-refractivity contribution is -0.211. The molecule has 6 heteroatoms. The van der Waals surface area contributed by atoms with Crippen molar-refractivity contribution in [3.8, 4) is 0 Å². The van der Waals surface area contributed by atoms with Crippen LogP contribution in [0.5, 0.6) is 0 Å². The number of carbonyl (C=O) groups excluding carboxylic acids is 2. The molecule has 2 saturated heterocycles. The summed E-state index contributed by atoms with van der Waals surface area (Å²) in [6, 6.07) is 3.91. The molecule has 162 valence electrons. The number of aryl methyl sites for hydroxylation is 1. The van der Waals surface area contributed by atoms with Crippen molar-refractivity contribution < 1.29 is 14.3 Å². The third-order valence-corrected chi connectivity index (χ3v) is 7.70. The highest BCUT2D eigenvalue weighted by Crippen LogP contribution is 2.48. The van der Waals surface area contributed by atoms with Crippen LogP contribution in [0.3, 0.4) is 0 Å². The molecule has 3 heterocycles. The van der Waals surface area contributed by atoms with E-state index in [1.807, 2.05) is 24.0 Å². The Morgan fingerprint density at radius 1 is 1.17 bits per heavy atom. The minimum Gasteiger partial charge on any atom is -0.366 e. The van der Waals surface area contributed by atoms with Crippen molar-refractivity contribution in [2.24, 2.45) is 5.92 Å². The van der Waals surface area contributed by atoms with Crippen molar-refractivity contribution in [1.82, 2.24) is 14.8 Å². The molecule has 2 aliphatic heterocycles. The lowest BCUT2D eigenvalue weighted by Gasteiger charge is -2.62. The minimum atomic E-state index is -0.226. The first-order valence-electron chi connectivity index (χ1n) is 11.8. The summed E-state index contributed by atoms with van der Waals surface area (Å²) in [7, 11) is 0. The van der Waals surface area contributed by atoms with E-state index in [1.54, 1.807) is 6.20 Å². The summed E-state index contributed by atoms with van der Waals surface area (Å²) in [5.41, 5.74) is 1.38. The van der Waals surface area contributed by atoms with E-state index in [1.165, 1.54) is 32.1 Å². The summed E-state index contributed by atoms with van der Waals surface area (Å²) in [6.45, 7) is 4.04. The summed E-state index contributed by atoms with van der Waals surface area (Å²) in [5, 5.41) is 0. The molecule has 1 aromatic heterocycles. The molecule has 1 unspecified atom stereocenters. The maximum atomic E-state index is 13.2. The van der Waals surface area contributed by atoms with Crippen LogP contribution in [0, 0.1) is 12.8 Å². The van der Waals surface area contributed by atoms with Crippen LogP contribution in [0.15, 0.2) is 18.3 Å². The third kappa shape index (κ3) is 3.43. The summed E-state index contributed by atoms with van der Waals surface area (Å²) in [4.78, 5) is 34.5. The molecule has 5 rings (SSSR count). The number of piperidine rings is 1. The number of hydrogen-bond donors (Lipinski definition) is 0. The van der Waals surface area contributed by atoms with Crippen LogP contribution in [-0.2, 0) is 9.53 Å². The number of amides is 2. The fourth-order valence-electron chi connectivity index (χ4n) is 5.80. The zero-order valence-corrected chi connectivity index (χ0v) is 18.0. The van der Waals surface area contributed by atoms with Crippen LogP contribution < -0.4 is 0 Å². The van der Waals surface area contributed by atoms with E-state index in [0.29, 0.717) is 24.6 Å². The molecule has 2 saturated carbocycles. The fourth-order valence-corrected chi connectivity index (χ4v) is 5.80. The lowest BCUT2D eigenvalue weighted by Crippen LogP contribution is -2.78. The number of aromatic nitrogens is 1. The molecular formula is C24H33N3O3. The van der Waals surface area contributed by atoms with E-state index in [9.17, 15) is 9.59 Å². The van der Waals surface area contributed by atoms with Crippen LogP contribution in [0.4, 0.5) is 0 Å². The predicted molar refractivity (Wildman–Crippen MR) is 113 cm³/mol. The number of β-lactam (4-membered cyclic amide) rings is 1. The van der Waals surface area contributed by atoms with Gasteiger partial charge in [0, 0.05) is 31.0 Å². The predicted octanol–water partition coefficient (Wildman–Crippen LogP) is 3.33. The van der Waals surface area contributed by atoms with Crippen LogP contribution in [-0.4, -0.2) is 64.0 Å². The van der Waals surface area contributed by atoms with Gasteiger partial charge >= 0.3 is 0 Å². The van der Waals surface area contributed by atoms with Gasteiger partial charge in [-0.3, -0.25) is 14.6 Å². The Morgan fingerprint density at radius 3 is 2.57 bits per heavy atom. The normalized spacial score (nSPS) is 26.7. The van der Waals surface area contributed by atoms with E-state index in [0.717, 1.165) is 38.0 Å². The number of nitrogens with zero attached hydrogens (tertiary/aromatic N) is 3. The number of likely N-dealkylation sites (tertiary alicyclic amines) is 2. The zero-order chi connectivity index (χ0) is 20.7. The molecule has 0 radical (unpaired) electrons. The Balaban J connectivity index is 1.25. The standard InChI is InChI=1S/C24H33N3O3/c1-17-20(6-5-13-25-17)22(28)26-14-9-19(10-15-26)27-23(29)21(30-16-18-7-8-18)24(27)11-3-2-4-12-24/h5-6,13,18-19,21H,2-4,7-12,14-16H2,1H3. The van der Waals surface area contributed by atoms with Gasteiger partial charge in [0.25, 0.3) is 11.8 Å². The van der Waals surface area contributed by atoms with Gasteiger partial charge in [0.15, 0.2) is 6.10 Å². The molecule has 0 bridgehead atoms. The molecule has 0 aromatic carbocycles. The topological polar surface area (TPSA) is 62.7 Å². The molecular weight excluding hydrogens is 378 g/mol.